The number of hydrogen-bond acceptors (Lipinski definition) is 1. The average Bonchev–Trinajstić information content (AvgIpc) is 2.64. The minimum absolute atomic E-state index is 0.111. The number of amides is 1. The number of nitrogens with zero attached hydrogens (tertiary/aromatic N) is 2. The number of hydrogen-bond donors (Lipinski definition) is 0. The molecule has 2 saturated heterocycles. The van der Waals surface area contributed by atoms with Crippen LogP contribution < -0.4 is 0 Å². The lowest BCUT2D eigenvalue weighted by Crippen LogP contribution is -2.52. The molecule has 2 aliphatic rings. The topological polar surface area (TPSA) is 20.3 Å². The van der Waals surface area contributed by atoms with Crippen LogP contribution in [0.2, 0.25) is 0 Å². The van der Waals surface area contributed by atoms with Gasteiger partial charge in [-0.25, -0.2) is 0 Å². The van der Waals surface area contributed by atoms with Gasteiger partial charge in [0.1, 0.15) is 5.38 Å². The van der Waals surface area contributed by atoms with E-state index in [1.807, 2.05) is 4.90 Å². The first-order chi connectivity index (χ1) is 8.09. The molecular formula is C13H24ClN2O+. The number of carbonyl (C=O) groups is 1. The van der Waals surface area contributed by atoms with Gasteiger partial charge in [0, 0.05) is 19.5 Å². The van der Waals surface area contributed by atoms with E-state index in [1.54, 1.807) is 0 Å². The van der Waals surface area contributed by atoms with Crippen LogP contribution in [-0.4, -0.2) is 60.4 Å². The fourth-order valence-electron chi connectivity index (χ4n) is 3.13. The van der Waals surface area contributed by atoms with Crippen LogP contribution in [0.15, 0.2) is 0 Å². The van der Waals surface area contributed by atoms with E-state index in [1.165, 1.54) is 32.4 Å². The average molecular weight is 260 g/mol. The van der Waals surface area contributed by atoms with Crippen molar-refractivity contribution in [3.63, 3.8) is 0 Å². The number of quaternary nitrogens is 1. The molecule has 0 bridgehead atoms. The number of likely N-dealkylation sites (tertiary alicyclic amines) is 2. The first-order valence-electron chi connectivity index (χ1n) is 6.84. The molecule has 0 N–H and O–H groups in total. The summed E-state index contributed by atoms with van der Waals surface area (Å²) in [5.41, 5.74) is 0. The Kier molecular flexibility index (Phi) is 4.31. The van der Waals surface area contributed by atoms with Crippen LogP contribution in [0.3, 0.4) is 0 Å². The summed E-state index contributed by atoms with van der Waals surface area (Å²) in [5.74, 6) is 0.289. The molecule has 0 radical (unpaired) electrons. The largest absolute Gasteiger partial charge is 0.341 e. The van der Waals surface area contributed by atoms with Crippen molar-refractivity contribution >= 4 is 17.5 Å². The van der Waals surface area contributed by atoms with Crippen molar-refractivity contribution in [1.82, 2.24) is 4.90 Å². The first kappa shape index (κ1) is 13.2. The zero-order chi connectivity index (χ0) is 12.3. The summed E-state index contributed by atoms with van der Waals surface area (Å²) < 4.78 is 1.09. The molecule has 1 unspecified atom stereocenters. The number of carbonyl (C=O) groups excluding carboxylic acids is 1. The van der Waals surface area contributed by atoms with Crippen LogP contribution in [0.4, 0.5) is 0 Å². The molecule has 17 heavy (non-hydrogen) atoms. The molecular weight excluding hydrogens is 236 g/mol. The standard InChI is InChI=1S/C13H24ClN2O/c1-16(8-3-2-4-9-16)11-12(14)10-15-7-5-6-13(15)17/h12H,2-11H2,1H3/q+1. The molecule has 2 fully saturated rings. The van der Waals surface area contributed by atoms with Gasteiger partial charge in [0.15, 0.2) is 0 Å². The highest BCUT2D eigenvalue weighted by atomic mass is 35.5. The van der Waals surface area contributed by atoms with Crippen molar-refractivity contribution in [2.75, 3.05) is 39.8 Å². The SMILES string of the molecule is C[N+]1(CC(Cl)CN2CCCC2=O)CCCCC1. The van der Waals surface area contributed by atoms with Gasteiger partial charge in [-0.1, -0.05) is 0 Å². The van der Waals surface area contributed by atoms with Crippen LogP contribution in [0.1, 0.15) is 32.1 Å². The minimum Gasteiger partial charge on any atom is -0.341 e. The monoisotopic (exact) mass is 259 g/mol. The lowest BCUT2D eigenvalue weighted by Gasteiger charge is -2.39. The van der Waals surface area contributed by atoms with Crippen molar-refractivity contribution in [3.05, 3.63) is 0 Å². The molecule has 0 aromatic carbocycles. The molecule has 98 valence electrons. The van der Waals surface area contributed by atoms with Gasteiger partial charge in [0.25, 0.3) is 0 Å². The van der Waals surface area contributed by atoms with Crippen LogP contribution in [0.25, 0.3) is 0 Å². The highest BCUT2D eigenvalue weighted by Crippen LogP contribution is 2.19. The second-order valence-electron chi connectivity index (χ2n) is 5.85. The third-order valence-electron chi connectivity index (χ3n) is 4.12. The Morgan fingerprint density at radius 2 is 2.00 bits per heavy atom. The molecule has 0 aliphatic carbocycles. The summed E-state index contributed by atoms with van der Waals surface area (Å²) in [6.07, 6.45) is 5.74. The second kappa shape index (κ2) is 5.57. The van der Waals surface area contributed by atoms with Crippen molar-refractivity contribution in [1.29, 1.82) is 0 Å². The number of halogens is 1. The van der Waals surface area contributed by atoms with Crippen molar-refractivity contribution in [2.45, 2.75) is 37.5 Å². The molecule has 1 atom stereocenters. The van der Waals surface area contributed by atoms with E-state index >= 15 is 0 Å². The maximum atomic E-state index is 11.5. The van der Waals surface area contributed by atoms with E-state index in [2.05, 4.69) is 7.05 Å². The second-order valence-corrected chi connectivity index (χ2v) is 6.47. The van der Waals surface area contributed by atoms with Crippen molar-refractivity contribution < 1.29 is 9.28 Å². The van der Waals surface area contributed by atoms with Gasteiger partial charge in [-0.15, -0.1) is 11.6 Å². The third kappa shape index (κ3) is 3.59. The number of alkyl halides is 1. The molecule has 2 aliphatic heterocycles. The zero-order valence-electron chi connectivity index (χ0n) is 10.8. The van der Waals surface area contributed by atoms with Gasteiger partial charge in [-0.3, -0.25) is 4.79 Å². The number of piperidine rings is 1. The lowest BCUT2D eigenvalue weighted by atomic mass is 10.1. The smallest absolute Gasteiger partial charge is 0.222 e. The number of rotatable bonds is 4. The summed E-state index contributed by atoms with van der Waals surface area (Å²) in [5, 5.41) is 0.111. The third-order valence-corrected chi connectivity index (χ3v) is 4.40. The Morgan fingerprint density at radius 3 is 2.59 bits per heavy atom. The van der Waals surface area contributed by atoms with Gasteiger partial charge in [-0.05, 0) is 25.7 Å². The fourth-order valence-corrected chi connectivity index (χ4v) is 3.63. The van der Waals surface area contributed by atoms with Crippen LogP contribution in [0.5, 0.6) is 0 Å². The lowest BCUT2D eigenvalue weighted by molar-refractivity contribution is -0.913. The Hall–Kier alpha value is -0.280. The Labute approximate surface area is 109 Å². The van der Waals surface area contributed by atoms with Gasteiger partial charge in [0.05, 0.1) is 26.7 Å². The van der Waals surface area contributed by atoms with Gasteiger partial charge < -0.3 is 9.38 Å². The molecule has 1 amide bonds. The summed E-state index contributed by atoms with van der Waals surface area (Å²) >= 11 is 6.44. The van der Waals surface area contributed by atoms with Crippen LogP contribution in [-0.2, 0) is 4.79 Å². The normalized spacial score (nSPS) is 26.2. The molecule has 0 spiro atoms. The summed E-state index contributed by atoms with van der Waals surface area (Å²) in [4.78, 5) is 13.5. The highest BCUT2D eigenvalue weighted by molar-refractivity contribution is 6.21. The van der Waals surface area contributed by atoms with Gasteiger partial charge in [-0.2, -0.15) is 0 Å². The predicted molar refractivity (Wildman–Crippen MR) is 70.1 cm³/mol. The highest BCUT2D eigenvalue weighted by Gasteiger charge is 2.30. The summed E-state index contributed by atoms with van der Waals surface area (Å²) in [6, 6.07) is 0. The Balaban J connectivity index is 1.79. The predicted octanol–water partition coefficient (Wildman–Crippen LogP) is 1.85. The fraction of sp³-hybridized carbons (Fsp3) is 0.923. The molecule has 3 nitrogen and oxygen atoms in total. The van der Waals surface area contributed by atoms with Crippen molar-refractivity contribution in [3.8, 4) is 0 Å². The van der Waals surface area contributed by atoms with E-state index in [0.29, 0.717) is 0 Å². The first-order valence-corrected chi connectivity index (χ1v) is 7.28. The summed E-state index contributed by atoms with van der Waals surface area (Å²) in [7, 11) is 2.31. The molecule has 2 rings (SSSR count). The Morgan fingerprint density at radius 1 is 1.29 bits per heavy atom. The maximum Gasteiger partial charge on any atom is 0.222 e. The van der Waals surface area contributed by atoms with E-state index in [-0.39, 0.29) is 11.3 Å². The van der Waals surface area contributed by atoms with Gasteiger partial charge in [0.2, 0.25) is 5.91 Å². The van der Waals surface area contributed by atoms with E-state index in [9.17, 15) is 4.79 Å². The molecule has 2 heterocycles. The molecule has 4 heteroatoms. The van der Waals surface area contributed by atoms with E-state index < -0.39 is 0 Å². The summed E-state index contributed by atoms with van der Waals surface area (Å²) in [6.45, 7) is 5.15. The minimum atomic E-state index is 0.111. The molecule has 0 aromatic heterocycles. The zero-order valence-corrected chi connectivity index (χ0v) is 11.6. The quantitative estimate of drug-likeness (QED) is 0.557. The van der Waals surface area contributed by atoms with Crippen molar-refractivity contribution in [2.24, 2.45) is 0 Å². The molecule has 0 aromatic rings. The maximum absolute atomic E-state index is 11.5. The van der Waals surface area contributed by atoms with Crippen LogP contribution in [0, 0.1) is 0 Å². The van der Waals surface area contributed by atoms with Gasteiger partial charge >= 0.3 is 0 Å². The Bertz CT molecular complexity index is 277. The van der Waals surface area contributed by atoms with Crippen LogP contribution >= 0.6 is 11.6 Å². The molecule has 0 saturated carbocycles. The van der Waals surface area contributed by atoms with E-state index in [0.717, 1.165) is 37.0 Å². The van der Waals surface area contributed by atoms with E-state index in [4.69, 9.17) is 11.6 Å².